The van der Waals surface area contributed by atoms with E-state index in [1.807, 2.05) is 19.0 Å². The molecule has 0 amide bonds. The fraction of sp³-hybridized carbons (Fsp3) is 0.538. The Bertz CT molecular complexity index is 459. The van der Waals surface area contributed by atoms with Gasteiger partial charge in [-0.05, 0) is 38.2 Å². The summed E-state index contributed by atoms with van der Waals surface area (Å²) in [6.07, 6.45) is -3.35. The van der Waals surface area contributed by atoms with Gasteiger partial charge < -0.3 is 15.5 Å². The summed E-state index contributed by atoms with van der Waals surface area (Å²) in [5.41, 5.74) is 5.90. The highest BCUT2D eigenvalue weighted by Crippen LogP contribution is 2.34. The minimum absolute atomic E-state index is 0.173. The zero-order valence-electron chi connectivity index (χ0n) is 11.0. The Balaban J connectivity index is 2.21. The van der Waals surface area contributed by atoms with Gasteiger partial charge in [-0.15, -0.1) is 0 Å². The maximum atomic E-state index is 12.6. The van der Waals surface area contributed by atoms with Gasteiger partial charge in [0, 0.05) is 19.6 Å². The van der Waals surface area contributed by atoms with Crippen LogP contribution < -0.4 is 10.6 Å². The number of benzene rings is 1. The highest BCUT2D eigenvalue weighted by molar-refractivity contribution is 5.69. The van der Waals surface area contributed by atoms with Crippen LogP contribution in [-0.2, 0) is 6.18 Å². The van der Waals surface area contributed by atoms with Crippen LogP contribution in [0.25, 0.3) is 0 Å². The third kappa shape index (κ3) is 2.94. The van der Waals surface area contributed by atoms with Crippen molar-refractivity contribution >= 4 is 11.4 Å². The number of nitrogens with two attached hydrogens (primary N) is 1. The van der Waals surface area contributed by atoms with Crippen molar-refractivity contribution in [3.63, 3.8) is 0 Å². The Morgan fingerprint density at radius 2 is 2.05 bits per heavy atom. The van der Waals surface area contributed by atoms with Crippen molar-refractivity contribution in [2.24, 2.45) is 0 Å². The van der Waals surface area contributed by atoms with E-state index in [4.69, 9.17) is 5.73 Å². The first-order valence-corrected chi connectivity index (χ1v) is 6.17. The van der Waals surface area contributed by atoms with Crippen LogP contribution in [0.5, 0.6) is 0 Å². The Labute approximate surface area is 110 Å². The molecule has 3 nitrogen and oxygen atoms in total. The van der Waals surface area contributed by atoms with Crippen LogP contribution in [0.2, 0.25) is 0 Å². The zero-order chi connectivity index (χ0) is 14.2. The summed E-state index contributed by atoms with van der Waals surface area (Å²) in [6, 6.07) is 3.84. The average Bonchev–Trinajstić information content (AvgIpc) is 2.73. The molecule has 19 heavy (non-hydrogen) atoms. The molecule has 1 heterocycles. The van der Waals surface area contributed by atoms with Crippen LogP contribution in [0.15, 0.2) is 18.2 Å². The minimum atomic E-state index is -4.35. The molecule has 106 valence electrons. The summed E-state index contributed by atoms with van der Waals surface area (Å²) in [4.78, 5) is 4.17. The molecule has 1 fully saturated rings. The molecule has 0 aromatic heterocycles. The Morgan fingerprint density at radius 1 is 1.37 bits per heavy atom. The van der Waals surface area contributed by atoms with Gasteiger partial charge in [-0.1, -0.05) is 0 Å². The Kier molecular flexibility index (Phi) is 3.62. The highest BCUT2D eigenvalue weighted by Gasteiger charge is 2.31. The number of anilines is 2. The molecular weight excluding hydrogens is 255 g/mol. The number of rotatable bonds is 2. The fourth-order valence-electron chi connectivity index (χ4n) is 2.48. The molecule has 2 N–H and O–H groups in total. The fourth-order valence-corrected chi connectivity index (χ4v) is 2.48. The molecule has 1 saturated heterocycles. The lowest BCUT2D eigenvalue weighted by molar-refractivity contribution is -0.137. The maximum absolute atomic E-state index is 12.6. The summed E-state index contributed by atoms with van der Waals surface area (Å²) in [7, 11) is 3.91. The number of nitrogen functional groups attached to an aromatic ring is 1. The van der Waals surface area contributed by atoms with E-state index in [1.165, 1.54) is 6.07 Å². The van der Waals surface area contributed by atoms with Crippen LogP contribution in [-0.4, -0.2) is 38.1 Å². The largest absolute Gasteiger partial charge is 0.416 e. The number of nitrogens with zero attached hydrogens (tertiary/aromatic N) is 2. The quantitative estimate of drug-likeness (QED) is 0.840. The Morgan fingerprint density at radius 3 is 2.53 bits per heavy atom. The van der Waals surface area contributed by atoms with Crippen LogP contribution in [0.4, 0.5) is 24.5 Å². The predicted octanol–water partition coefficient (Wildman–Crippen LogP) is 2.43. The number of hydrogen-bond donors (Lipinski definition) is 1. The van der Waals surface area contributed by atoms with Gasteiger partial charge in [0.15, 0.2) is 0 Å². The second-order valence-corrected chi connectivity index (χ2v) is 5.09. The van der Waals surface area contributed by atoms with E-state index in [-0.39, 0.29) is 5.69 Å². The lowest BCUT2D eigenvalue weighted by Gasteiger charge is -2.28. The third-order valence-electron chi connectivity index (χ3n) is 3.65. The van der Waals surface area contributed by atoms with Gasteiger partial charge in [-0.25, -0.2) is 0 Å². The lowest BCUT2D eigenvalue weighted by Crippen LogP contribution is -2.34. The van der Waals surface area contributed by atoms with E-state index in [0.717, 1.165) is 31.6 Å². The topological polar surface area (TPSA) is 32.5 Å². The molecule has 6 heteroatoms. The molecule has 1 aromatic rings. The van der Waals surface area contributed by atoms with Crippen LogP contribution in [0.3, 0.4) is 0 Å². The summed E-state index contributed by atoms with van der Waals surface area (Å²) < 4.78 is 37.7. The average molecular weight is 273 g/mol. The van der Waals surface area contributed by atoms with Gasteiger partial charge in [0.2, 0.25) is 0 Å². The molecular formula is C13H18F3N3. The molecule has 1 aromatic carbocycles. The van der Waals surface area contributed by atoms with Gasteiger partial charge in [-0.3, -0.25) is 0 Å². The summed E-state index contributed by atoms with van der Waals surface area (Å²) >= 11 is 0. The molecule has 0 bridgehead atoms. The highest BCUT2D eigenvalue weighted by atomic mass is 19.4. The van der Waals surface area contributed by atoms with E-state index in [2.05, 4.69) is 4.90 Å². The van der Waals surface area contributed by atoms with Crippen LogP contribution in [0.1, 0.15) is 12.0 Å². The molecule has 1 aliphatic rings. The number of hydrogen-bond acceptors (Lipinski definition) is 3. The first-order valence-electron chi connectivity index (χ1n) is 6.17. The van der Waals surface area contributed by atoms with E-state index in [0.29, 0.717) is 11.7 Å². The van der Waals surface area contributed by atoms with Gasteiger partial charge >= 0.3 is 6.18 Å². The molecule has 2 rings (SSSR count). The lowest BCUT2D eigenvalue weighted by atomic mass is 10.1. The minimum Gasteiger partial charge on any atom is -0.397 e. The number of likely N-dealkylation sites (N-methyl/N-ethyl adjacent to an activating group) is 2. The third-order valence-corrected chi connectivity index (χ3v) is 3.65. The SMILES string of the molecule is CN1CC[C@@H](N(C)c2ccc(C(F)(F)F)cc2N)C1. The summed E-state index contributed by atoms with van der Waals surface area (Å²) in [5, 5.41) is 0. The van der Waals surface area contributed by atoms with Gasteiger partial charge in [0.05, 0.1) is 16.9 Å². The Hall–Kier alpha value is -1.43. The smallest absolute Gasteiger partial charge is 0.397 e. The first-order chi connectivity index (χ1) is 8.79. The maximum Gasteiger partial charge on any atom is 0.416 e. The summed E-state index contributed by atoms with van der Waals surface area (Å²) in [5.74, 6) is 0. The standard InChI is InChI=1S/C13H18F3N3/c1-18-6-5-10(8-18)19(2)12-4-3-9(7-11(12)17)13(14,15)16/h3-4,7,10H,5-6,8,17H2,1-2H3/t10-/m1/s1. The molecule has 0 spiro atoms. The number of halogens is 3. The second kappa shape index (κ2) is 4.92. The molecule has 0 unspecified atom stereocenters. The van der Waals surface area contributed by atoms with Crippen LogP contribution >= 0.6 is 0 Å². The van der Waals surface area contributed by atoms with Gasteiger partial charge in [0.25, 0.3) is 0 Å². The van der Waals surface area contributed by atoms with E-state index in [1.54, 1.807) is 0 Å². The van der Waals surface area contributed by atoms with Crippen molar-refractivity contribution in [2.45, 2.75) is 18.6 Å². The van der Waals surface area contributed by atoms with Crippen molar-refractivity contribution in [1.29, 1.82) is 0 Å². The van der Waals surface area contributed by atoms with Crippen molar-refractivity contribution in [3.05, 3.63) is 23.8 Å². The van der Waals surface area contributed by atoms with Gasteiger partial charge in [0.1, 0.15) is 0 Å². The number of likely N-dealkylation sites (tertiary alicyclic amines) is 1. The molecule has 1 aliphatic heterocycles. The van der Waals surface area contributed by atoms with E-state index < -0.39 is 11.7 Å². The molecule has 1 atom stereocenters. The second-order valence-electron chi connectivity index (χ2n) is 5.09. The van der Waals surface area contributed by atoms with Crippen molar-refractivity contribution in [2.75, 3.05) is 37.8 Å². The zero-order valence-corrected chi connectivity index (χ0v) is 11.0. The van der Waals surface area contributed by atoms with Gasteiger partial charge in [-0.2, -0.15) is 13.2 Å². The summed E-state index contributed by atoms with van der Waals surface area (Å²) in [6.45, 7) is 1.90. The monoisotopic (exact) mass is 273 g/mol. The number of alkyl halides is 3. The predicted molar refractivity (Wildman–Crippen MR) is 70.2 cm³/mol. The van der Waals surface area contributed by atoms with Crippen LogP contribution in [0, 0.1) is 0 Å². The van der Waals surface area contributed by atoms with Crippen molar-refractivity contribution in [3.8, 4) is 0 Å². The van der Waals surface area contributed by atoms with E-state index >= 15 is 0 Å². The van der Waals surface area contributed by atoms with Crippen molar-refractivity contribution in [1.82, 2.24) is 4.90 Å². The first kappa shape index (κ1) is 14.0. The molecule has 0 radical (unpaired) electrons. The van der Waals surface area contributed by atoms with E-state index in [9.17, 15) is 13.2 Å². The normalized spacial score (nSPS) is 20.8. The molecule has 0 aliphatic carbocycles. The molecule has 0 saturated carbocycles. The van der Waals surface area contributed by atoms with Crippen molar-refractivity contribution < 1.29 is 13.2 Å².